The molecule has 0 saturated heterocycles. The van der Waals surface area contributed by atoms with Gasteiger partial charge in [0.15, 0.2) is 0 Å². The molecule has 0 spiro atoms. The number of rotatable bonds is 6. The molecule has 0 unspecified atom stereocenters. The number of thioether (sulfide) groups is 1. The molecule has 1 heterocycles. The fourth-order valence-corrected chi connectivity index (χ4v) is 3.09. The molecule has 100 valence electrons. The Morgan fingerprint density at radius 3 is 2.84 bits per heavy atom. The normalized spacial score (nSPS) is 10.4. The predicted molar refractivity (Wildman–Crippen MR) is 79.4 cm³/mol. The van der Waals surface area contributed by atoms with Crippen LogP contribution in [0.2, 0.25) is 0 Å². The second kappa shape index (κ2) is 7.25. The third-order valence-corrected chi connectivity index (χ3v) is 4.34. The van der Waals surface area contributed by atoms with Gasteiger partial charge in [-0.2, -0.15) is 0 Å². The summed E-state index contributed by atoms with van der Waals surface area (Å²) in [5, 5.41) is 12.3. The number of carbonyl (C=O) groups excluding carboxylic acids is 1. The summed E-state index contributed by atoms with van der Waals surface area (Å²) in [6.45, 7) is 1.97. The van der Waals surface area contributed by atoms with Crippen LogP contribution in [0.5, 0.6) is 0 Å². The van der Waals surface area contributed by atoms with Crippen LogP contribution >= 0.6 is 23.1 Å². The average Bonchev–Trinajstić information content (AvgIpc) is 2.85. The van der Waals surface area contributed by atoms with Gasteiger partial charge in [-0.1, -0.05) is 36.5 Å². The Hall–Kier alpha value is -1.40. The summed E-state index contributed by atoms with van der Waals surface area (Å²) in [6, 6.07) is 10.2. The number of hydrogen-bond acceptors (Lipinski definition) is 5. The summed E-state index contributed by atoms with van der Waals surface area (Å²) in [5.74, 6) is 0.770. The van der Waals surface area contributed by atoms with Crippen LogP contribution in [-0.2, 0) is 10.5 Å². The van der Waals surface area contributed by atoms with Crippen molar-refractivity contribution < 1.29 is 4.79 Å². The molecule has 0 atom stereocenters. The Labute approximate surface area is 120 Å². The molecule has 0 bridgehead atoms. The first-order valence-corrected chi connectivity index (χ1v) is 7.88. The lowest BCUT2D eigenvalue weighted by molar-refractivity contribution is -0.116. The monoisotopic (exact) mass is 293 g/mol. The lowest BCUT2D eigenvalue weighted by Gasteiger charge is -1.98. The maximum absolute atomic E-state index is 11.4. The van der Waals surface area contributed by atoms with Crippen molar-refractivity contribution in [1.29, 1.82) is 0 Å². The summed E-state index contributed by atoms with van der Waals surface area (Å²) in [4.78, 5) is 12.6. The van der Waals surface area contributed by atoms with E-state index in [9.17, 15) is 4.79 Å². The van der Waals surface area contributed by atoms with Gasteiger partial charge in [0.1, 0.15) is 5.01 Å². The molecular weight excluding hydrogens is 278 g/mol. The highest BCUT2D eigenvalue weighted by Crippen LogP contribution is 2.25. The van der Waals surface area contributed by atoms with Crippen molar-refractivity contribution >= 4 is 34.1 Å². The summed E-state index contributed by atoms with van der Waals surface area (Å²) in [6.07, 6.45) is 1.36. The molecule has 0 saturated carbocycles. The number of nitrogens with zero attached hydrogens (tertiary/aromatic N) is 2. The fraction of sp³-hybridized carbons (Fsp3) is 0.308. The highest BCUT2D eigenvalue weighted by Gasteiger charge is 2.07. The van der Waals surface area contributed by atoms with Crippen LogP contribution in [0, 0.1) is 0 Å². The van der Waals surface area contributed by atoms with Crippen LogP contribution in [0.25, 0.3) is 0 Å². The lowest BCUT2D eigenvalue weighted by atomic mass is 10.3. The number of benzene rings is 1. The largest absolute Gasteiger partial charge is 0.301 e. The van der Waals surface area contributed by atoms with E-state index in [0.717, 1.165) is 17.2 Å². The van der Waals surface area contributed by atoms with E-state index in [4.69, 9.17) is 0 Å². The molecule has 19 heavy (non-hydrogen) atoms. The van der Waals surface area contributed by atoms with E-state index < -0.39 is 0 Å². The molecule has 0 fully saturated rings. The Balaban J connectivity index is 1.85. The van der Waals surface area contributed by atoms with Gasteiger partial charge >= 0.3 is 0 Å². The summed E-state index contributed by atoms with van der Waals surface area (Å²) in [5.41, 5.74) is 0. The SMILES string of the molecule is CCCC(=O)Nc1nnc(CSc2ccccc2)s1. The maximum atomic E-state index is 11.4. The zero-order valence-corrected chi connectivity index (χ0v) is 12.3. The van der Waals surface area contributed by atoms with Gasteiger partial charge in [0.2, 0.25) is 11.0 Å². The summed E-state index contributed by atoms with van der Waals surface area (Å²) >= 11 is 3.14. The number of nitrogens with one attached hydrogen (secondary N) is 1. The maximum Gasteiger partial charge on any atom is 0.226 e. The Bertz CT molecular complexity index is 528. The zero-order chi connectivity index (χ0) is 13.5. The third kappa shape index (κ3) is 4.65. The fourth-order valence-electron chi connectivity index (χ4n) is 1.43. The van der Waals surface area contributed by atoms with Gasteiger partial charge in [0, 0.05) is 11.3 Å². The number of anilines is 1. The first kappa shape index (κ1) is 14.0. The van der Waals surface area contributed by atoms with E-state index in [1.54, 1.807) is 11.8 Å². The first-order valence-electron chi connectivity index (χ1n) is 6.08. The molecule has 2 rings (SSSR count). The van der Waals surface area contributed by atoms with Crippen LogP contribution in [0.4, 0.5) is 5.13 Å². The summed E-state index contributed by atoms with van der Waals surface area (Å²) in [7, 11) is 0. The molecular formula is C13H15N3OS2. The second-order valence-electron chi connectivity index (χ2n) is 3.90. The zero-order valence-electron chi connectivity index (χ0n) is 10.6. The smallest absolute Gasteiger partial charge is 0.226 e. The molecule has 2 aromatic rings. The van der Waals surface area contributed by atoms with Crippen molar-refractivity contribution in [2.45, 2.75) is 30.4 Å². The predicted octanol–water partition coefficient (Wildman–Crippen LogP) is 3.57. The van der Waals surface area contributed by atoms with Crippen molar-refractivity contribution in [3.8, 4) is 0 Å². The second-order valence-corrected chi connectivity index (χ2v) is 6.01. The molecule has 0 aliphatic carbocycles. The van der Waals surface area contributed by atoms with Crippen LogP contribution < -0.4 is 5.32 Å². The third-order valence-electron chi connectivity index (χ3n) is 2.30. The first-order chi connectivity index (χ1) is 9.28. The van der Waals surface area contributed by atoms with Gasteiger partial charge in [-0.25, -0.2) is 0 Å². The van der Waals surface area contributed by atoms with Crippen LogP contribution in [-0.4, -0.2) is 16.1 Å². The molecule has 0 radical (unpaired) electrons. The van der Waals surface area contributed by atoms with E-state index in [0.29, 0.717) is 11.6 Å². The van der Waals surface area contributed by atoms with Crippen molar-refractivity contribution in [2.75, 3.05) is 5.32 Å². The van der Waals surface area contributed by atoms with Gasteiger partial charge in [0.25, 0.3) is 0 Å². The number of aromatic nitrogens is 2. The van der Waals surface area contributed by atoms with Gasteiger partial charge < -0.3 is 5.32 Å². The lowest BCUT2D eigenvalue weighted by Crippen LogP contribution is -2.10. The topological polar surface area (TPSA) is 54.9 Å². The Morgan fingerprint density at radius 1 is 1.32 bits per heavy atom. The average molecular weight is 293 g/mol. The van der Waals surface area contributed by atoms with E-state index in [1.165, 1.54) is 16.2 Å². The minimum atomic E-state index is 0.000845. The molecule has 1 aromatic heterocycles. The van der Waals surface area contributed by atoms with Crippen molar-refractivity contribution in [2.24, 2.45) is 0 Å². The highest BCUT2D eigenvalue weighted by molar-refractivity contribution is 7.98. The Kier molecular flexibility index (Phi) is 5.35. The van der Waals surface area contributed by atoms with Crippen LogP contribution in [0.1, 0.15) is 24.8 Å². The van der Waals surface area contributed by atoms with Crippen molar-refractivity contribution in [3.05, 3.63) is 35.3 Å². The molecule has 0 aliphatic rings. The Morgan fingerprint density at radius 2 is 2.11 bits per heavy atom. The highest BCUT2D eigenvalue weighted by atomic mass is 32.2. The van der Waals surface area contributed by atoms with Gasteiger partial charge in [-0.05, 0) is 18.6 Å². The van der Waals surface area contributed by atoms with E-state index in [1.807, 2.05) is 25.1 Å². The quantitative estimate of drug-likeness (QED) is 0.827. The minimum Gasteiger partial charge on any atom is -0.301 e. The van der Waals surface area contributed by atoms with E-state index >= 15 is 0 Å². The molecule has 6 heteroatoms. The van der Waals surface area contributed by atoms with E-state index in [-0.39, 0.29) is 5.91 Å². The van der Waals surface area contributed by atoms with Gasteiger partial charge in [0.05, 0.1) is 5.75 Å². The van der Waals surface area contributed by atoms with E-state index in [2.05, 4.69) is 27.6 Å². The van der Waals surface area contributed by atoms with Crippen molar-refractivity contribution in [1.82, 2.24) is 10.2 Å². The van der Waals surface area contributed by atoms with Crippen LogP contribution in [0.15, 0.2) is 35.2 Å². The number of hydrogen-bond donors (Lipinski definition) is 1. The molecule has 4 nitrogen and oxygen atoms in total. The van der Waals surface area contributed by atoms with Crippen molar-refractivity contribution in [3.63, 3.8) is 0 Å². The molecule has 1 amide bonds. The summed E-state index contributed by atoms with van der Waals surface area (Å²) < 4.78 is 0. The molecule has 0 aliphatic heterocycles. The van der Waals surface area contributed by atoms with Gasteiger partial charge in [-0.15, -0.1) is 22.0 Å². The molecule has 1 aromatic carbocycles. The molecule has 1 N–H and O–H groups in total. The number of carbonyl (C=O) groups is 1. The van der Waals surface area contributed by atoms with Gasteiger partial charge in [-0.3, -0.25) is 4.79 Å². The minimum absolute atomic E-state index is 0.000845. The number of amides is 1. The van der Waals surface area contributed by atoms with Crippen LogP contribution in [0.3, 0.4) is 0 Å². The standard InChI is InChI=1S/C13H15N3OS2/c1-2-6-11(17)14-13-16-15-12(19-13)9-18-10-7-4-3-5-8-10/h3-5,7-8H,2,6,9H2,1H3,(H,14,16,17).